The smallest absolute Gasteiger partial charge is 0.339 e. The molecule has 1 heterocycles. The number of aromatic carboxylic acids is 1. The van der Waals surface area contributed by atoms with Crippen LogP contribution in [0.2, 0.25) is 0 Å². The summed E-state index contributed by atoms with van der Waals surface area (Å²) in [6.07, 6.45) is 1.35. The van der Waals surface area contributed by atoms with E-state index in [1.54, 1.807) is 12.1 Å². The highest BCUT2D eigenvalue weighted by atomic mass is 19.1. The van der Waals surface area contributed by atoms with Crippen LogP contribution in [0.1, 0.15) is 21.7 Å². The van der Waals surface area contributed by atoms with Gasteiger partial charge in [0, 0.05) is 6.54 Å². The van der Waals surface area contributed by atoms with E-state index in [1.165, 1.54) is 24.5 Å². The van der Waals surface area contributed by atoms with Crippen molar-refractivity contribution < 1.29 is 18.7 Å². The first-order valence-corrected chi connectivity index (χ1v) is 5.41. The Morgan fingerprint density at radius 3 is 2.61 bits per heavy atom. The van der Waals surface area contributed by atoms with Gasteiger partial charge in [0.05, 0.1) is 12.8 Å². The van der Waals surface area contributed by atoms with Crippen LogP contribution in [0.4, 0.5) is 4.39 Å². The van der Waals surface area contributed by atoms with Crippen LogP contribution in [0, 0.1) is 5.82 Å². The topological polar surface area (TPSA) is 62.5 Å². The highest BCUT2D eigenvalue weighted by Crippen LogP contribution is 2.10. The van der Waals surface area contributed by atoms with Gasteiger partial charge in [0.1, 0.15) is 17.1 Å². The number of carboxylic acid groups (broad SMARTS) is 1. The van der Waals surface area contributed by atoms with Crippen molar-refractivity contribution in [1.29, 1.82) is 0 Å². The molecule has 2 aromatic rings. The molecule has 2 rings (SSSR count). The lowest BCUT2D eigenvalue weighted by Crippen LogP contribution is -2.14. The van der Waals surface area contributed by atoms with Gasteiger partial charge in [-0.1, -0.05) is 12.1 Å². The van der Waals surface area contributed by atoms with Crippen LogP contribution >= 0.6 is 0 Å². The summed E-state index contributed by atoms with van der Waals surface area (Å²) in [7, 11) is 0. The summed E-state index contributed by atoms with van der Waals surface area (Å²) in [4.78, 5) is 10.8. The zero-order chi connectivity index (χ0) is 13.0. The molecule has 0 fully saturated rings. The lowest BCUT2D eigenvalue weighted by molar-refractivity contribution is 0.0694. The molecule has 5 heteroatoms. The van der Waals surface area contributed by atoms with Crippen LogP contribution in [-0.2, 0) is 13.1 Å². The maximum atomic E-state index is 12.7. The molecule has 0 atom stereocenters. The Morgan fingerprint density at radius 2 is 1.94 bits per heavy atom. The van der Waals surface area contributed by atoms with Crippen LogP contribution < -0.4 is 5.32 Å². The van der Waals surface area contributed by atoms with E-state index in [4.69, 9.17) is 9.52 Å². The number of carboxylic acids is 1. The van der Waals surface area contributed by atoms with E-state index < -0.39 is 5.97 Å². The summed E-state index contributed by atoms with van der Waals surface area (Å²) in [6.45, 7) is 0.825. The van der Waals surface area contributed by atoms with Crippen LogP contribution in [-0.4, -0.2) is 11.1 Å². The number of benzene rings is 1. The molecule has 0 unspecified atom stereocenters. The number of rotatable bonds is 5. The maximum absolute atomic E-state index is 12.7. The quantitative estimate of drug-likeness (QED) is 0.854. The third-order valence-corrected chi connectivity index (χ3v) is 2.50. The van der Waals surface area contributed by atoms with Gasteiger partial charge in [-0.3, -0.25) is 0 Å². The molecule has 2 N–H and O–H groups in total. The van der Waals surface area contributed by atoms with Crippen LogP contribution in [0.15, 0.2) is 41.0 Å². The average Bonchev–Trinajstić information content (AvgIpc) is 2.80. The normalized spacial score (nSPS) is 10.5. The molecule has 94 valence electrons. The van der Waals surface area contributed by atoms with E-state index in [2.05, 4.69) is 5.32 Å². The number of halogens is 1. The predicted molar refractivity (Wildman–Crippen MR) is 62.6 cm³/mol. The Labute approximate surface area is 103 Å². The average molecular weight is 249 g/mol. The molecule has 0 bridgehead atoms. The van der Waals surface area contributed by atoms with Gasteiger partial charge in [-0.15, -0.1) is 0 Å². The first kappa shape index (κ1) is 12.3. The predicted octanol–water partition coefficient (Wildman–Crippen LogP) is 2.41. The Kier molecular flexibility index (Phi) is 3.74. The Balaban J connectivity index is 1.90. The fraction of sp³-hybridized carbons (Fsp3) is 0.154. The van der Waals surface area contributed by atoms with Gasteiger partial charge < -0.3 is 14.8 Å². The molecule has 0 amide bonds. The summed E-state index contributed by atoms with van der Waals surface area (Å²) >= 11 is 0. The highest BCUT2D eigenvalue weighted by molar-refractivity contribution is 5.88. The van der Waals surface area contributed by atoms with Gasteiger partial charge in [-0.05, 0) is 23.8 Å². The van der Waals surface area contributed by atoms with Gasteiger partial charge in [0.15, 0.2) is 0 Å². The Hall–Kier alpha value is -2.14. The zero-order valence-electron chi connectivity index (χ0n) is 9.52. The minimum Gasteiger partial charge on any atom is -0.478 e. The van der Waals surface area contributed by atoms with Crippen LogP contribution in [0.5, 0.6) is 0 Å². The lowest BCUT2D eigenvalue weighted by Gasteiger charge is -2.03. The summed E-state index contributed by atoms with van der Waals surface area (Å²) in [6, 6.07) is 7.52. The second-order valence-electron chi connectivity index (χ2n) is 3.79. The molecule has 0 radical (unpaired) electrons. The van der Waals surface area contributed by atoms with Gasteiger partial charge in [-0.25, -0.2) is 9.18 Å². The van der Waals surface area contributed by atoms with E-state index in [0.717, 1.165) is 5.56 Å². The van der Waals surface area contributed by atoms with Crippen molar-refractivity contribution in [3.8, 4) is 0 Å². The van der Waals surface area contributed by atoms with Crippen molar-refractivity contribution in [2.45, 2.75) is 13.1 Å². The summed E-state index contributed by atoms with van der Waals surface area (Å²) in [5, 5.41) is 11.9. The first-order chi connectivity index (χ1) is 8.66. The monoisotopic (exact) mass is 249 g/mol. The molecule has 18 heavy (non-hydrogen) atoms. The van der Waals surface area contributed by atoms with E-state index in [9.17, 15) is 9.18 Å². The molecule has 0 aliphatic rings. The van der Waals surface area contributed by atoms with Gasteiger partial charge in [0.2, 0.25) is 0 Å². The Bertz CT molecular complexity index is 533. The van der Waals surface area contributed by atoms with Crippen LogP contribution in [0.25, 0.3) is 0 Å². The summed E-state index contributed by atoms with van der Waals surface area (Å²) in [5.41, 5.74) is 1.07. The van der Waals surface area contributed by atoms with Crippen molar-refractivity contribution in [3.63, 3.8) is 0 Å². The van der Waals surface area contributed by atoms with E-state index in [0.29, 0.717) is 18.8 Å². The molecule has 0 aliphatic heterocycles. The first-order valence-electron chi connectivity index (χ1n) is 5.41. The molecule has 4 nitrogen and oxygen atoms in total. The second-order valence-corrected chi connectivity index (χ2v) is 3.79. The largest absolute Gasteiger partial charge is 0.478 e. The molecule has 1 aromatic heterocycles. The number of furan rings is 1. The minimum atomic E-state index is -1.01. The van der Waals surface area contributed by atoms with Gasteiger partial charge >= 0.3 is 5.97 Å². The number of carbonyl (C=O) groups is 1. The molecule has 1 aromatic carbocycles. The van der Waals surface area contributed by atoms with Crippen LogP contribution in [0.3, 0.4) is 0 Å². The van der Waals surface area contributed by atoms with Crippen molar-refractivity contribution in [3.05, 3.63) is 59.3 Å². The number of hydrogen-bond acceptors (Lipinski definition) is 3. The lowest BCUT2D eigenvalue weighted by atomic mass is 10.2. The highest BCUT2D eigenvalue weighted by Gasteiger charge is 2.12. The summed E-state index contributed by atoms with van der Waals surface area (Å²) < 4.78 is 17.8. The minimum absolute atomic E-state index is 0.154. The molecule has 0 spiro atoms. The van der Waals surface area contributed by atoms with Crippen molar-refractivity contribution in [2.24, 2.45) is 0 Å². The van der Waals surface area contributed by atoms with Crippen molar-refractivity contribution >= 4 is 5.97 Å². The standard InChI is InChI=1S/C13H12FNO3/c14-10-3-1-9(2-4-10)7-15-8-12-11(13(16)17)5-6-18-12/h1-6,15H,7-8H2,(H,16,17). The number of hydrogen-bond donors (Lipinski definition) is 2. The number of nitrogens with one attached hydrogen (secondary N) is 1. The third-order valence-electron chi connectivity index (χ3n) is 2.50. The van der Waals surface area contributed by atoms with Gasteiger partial charge in [-0.2, -0.15) is 0 Å². The molecule has 0 saturated carbocycles. The van der Waals surface area contributed by atoms with E-state index >= 15 is 0 Å². The van der Waals surface area contributed by atoms with Gasteiger partial charge in [0.25, 0.3) is 0 Å². The second kappa shape index (κ2) is 5.46. The zero-order valence-corrected chi connectivity index (χ0v) is 9.52. The molecular weight excluding hydrogens is 237 g/mol. The molecule has 0 aliphatic carbocycles. The Morgan fingerprint density at radius 1 is 1.22 bits per heavy atom. The fourth-order valence-corrected chi connectivity index (χ4v) is 1.59. The molecule has 0 saturated heterocycles. The van der Waals surface area contributed by atoms with Crippen molar-refractivity contribution in [2.75, 3.05) is 0 Å². The maximum Gasteiger partial charge on any atom is 0.339 e. The molecular formula is C13H12FNO3. The van der Waals surface area contributed by atoms with E-state index in [-0.39, 0.29) is 11.4 Å². The fourth-order valence-electron chi connectivity index (χ4n) is 1.59. The SMILES string of the molecule is O=C(O)c1ccoc1CNCc1ccc(F)cc1. The van der Waals surface area contributed by atoms with Crippen molar-refractivity contribution in [1.82, 2.24) is 5.32 Å². The third kappa shape index (κ3) is 2.95. The summed E-state index contributed by atoms with van der Waals surface area (Å²) in [5.74, 6) is -0.912. The van der Waals surface area contributed by atoms with E-state index in [1.807, 2.05) is 0 Å².